The Bertz CT molecular complexity index is 836. The van der Waals surface area contributed by atoms with Gasteiger partial charge in [0.2, 0.25) is 10.0 Å². The van der Waals surface area contributed by atoms with Crippen LogP contribution in [0.2, 0.25) is 5.02 Å². The van der Waals surface area contributed by atoms with E-state index in [4.69, 9.17) is 11.6 Å². The highest BCUT2D eigenvalue weighted by atomic mass is 35.5. The van der Waals surface area contributed by atoms with Gasteiger partial charge in [-0.05, 0) is 24.5 Å². The van der Waals surface area contributed by atoms with Crippen molar-refractivity contribution >= 4 is 27.4 Å². The van der Waals surface area contributed by atoms with Crippen molar-refractivity contribution in [2.45, 2.75) is 24.6 Å². The number of Topliss-reactive ketones (excluding diaryl/α,β-unsaturated/α-hetero) is 1. The van der Waals surface area contributed by atoms with Crippen molar-refractivity contribution in [3.05, 3.63) is 70.7 Å². The topological polar surface area (TPSA) is 54.5 Å². The molecule has 1 aliphatic rings. The van der Waals surface area contributed by atoms with Crippen molar-refractivity contribution in [2.24, 2.45) is 0 Å². The summed E-state index contributed by atoms with van der Waals surface area (Å²) in [5.74, 6) is -0.332. The van der Waals surface area contributed by atoms with Gasteiger partial charge in [0.1, 0.15) is 0 Å². The Kier molecular flexibility index (Phi) is 5.04. The van der Waals surface area contributed by atoms with Crippen LogP contribution in [0.25, 0.3) is 0 Å². The summed E-state index contributed by atoms with van der Waals surface area (Å²) in [5, 5.41) is 0.422. The van der Waals surface area contributed by atoms with E-state index in [9.17, 15) is 13.2 Å². The molecule has 1 heterocycles. The van der Waals surface area contributed by atoms with Gasteiger partial charge in [0.05, 0.1) is 11.8 Å². The summed E-state index contributed by atoms with van der Waals surface area (Å²) in [6, 6.07) is 15.1. The molecule has 0 saturated carbocycles. The number of hydrogen-bond donors (Lipinski definition) is 0. The summed E-state index contributed by atoms with van der Waals surface area (Å²) in [7, 11) is -3.61. The second-order valence-electron chi connectivity index (χ2n) is 5.85. The Hall–Kier alpha value is -1.69. The van der Waals surface area contributed by atoms with E-state index in [1.54, 1.807) is 48.5 Å². The van der Waals surface area contributed by atoms with Crippen molar-refractivity contribution in [1.82, 2.24) is 4.31 Å². The molecule has 1 unspecified atom stereocenters. The van der Waals surface area contributed by atoms with Crippen LogP contribution in [-0.4, -0.2) is 31.1 Å². The molecule has 3 rings (SSSR count). The molecule has 1 fully saturated rings. The van der Waals surface area contributed by atoms with Crippen LogP contribution in [0.5, 0.6) is 0 Å². The van der Waals surface area contributed by atoms with Crippen LogP contribution >= 0.6 is 11.6 Å². The third-order valence-electron chi connectivity index (χ3n) is 4.22. The number of hydrogen-bond acceptors (Lipinski definition) is 3. The first-order valence-electron chi connectivity index (χ1n) is 7.81. The first kappa shape index (κ1) is 17.1. The number of sulfonamides is 1. The molecule has 0 aromatic heterocycles. The maximum Gasteiger partial charge on any atom is 0.219 e. The summed E-state index contributed by atoms with van der Waals surface area (Å²) in [4.78, 5) is 12.7. The van der Waals surface area contributed by atoms with Crippen LogP contribution in [0, 0.1) is 0 Å². The van der Waals surface area contributed by atoms with E-state index in [-0.39, 0.29) is 11.5 Å². The molecule has 0 N–H and O–H groups in total. The van der Waals surface area contributed by atoms with Crippen molar-refractivity contribution in [3.63, 3.8) is 0 Å². The van der Waals surface area contributed by atoms with Gasteiger partial charge in [0.25, 0.3) is 0 Å². The fourth-order valence-electron chi connectivity index (χ4n) is 3.02. The summed E-state index contributed by atoms with van der Waals surface area (Å²) in [6.07, 6.45) is 1.24. The summed E-state index contributed by atoms with van der Waals surface area (Å²) < 4.78 is 27.0. The van der Waals surface area contributed by atoms with E-state index in [1.165, 1.54) is 4.31 Å². The minimum absolute atomic E-state index is 0.143. The van der Waals surface area contributed by atoms with E-state index in [2.05, 4.69) is 0 Å². The zero-order valence-electron chi connectivity index (χ0n) is 13.1. The average Bonchev–Trinajstić information content (AvgIpc) is 3.08. The largest absolute Gasteiger partial charge is 0.292 e. The molecular formula is C18H18ClNO3S. The lowest BCUT2D eigenvalue weighted by Crippen LogP contribution is -2.41. The highest BCUT2D eigenvalue weighted by Crippen LogP contribution is 2.27. The van der Waals surface area contributed by atoms with Gasteiger partial charge in [-0.2, -0.15) is 4.31 Å². The summed E-state index contributed by atoms with van der Waals surface area (Å²) in [6.45, 7) is 0.371. The van der Waals surface area contributed by atoms with Gasteiger partial charge in [0, 0.05) is 17.1 Å². The quantitative estimate of drug-likeness (QED) is 0.764. The molecule has 6 heteroatoms. The molecule has 0 amide bonds. The molecule has 24 heavy (non-hydrogen) atoms. The maximum absolute atomic E-state index is 12.8. The Balaban J connectivity index is 1.84. The van der Waals surface area contributed by atoms with Crippen LogP contribution in [0.3, 0.4) is 0 Å². The molecule has 0 spiro atoms. The predicted molar refractivity (Wildman–Crippen MR) is 94.6 cm³/mol. The van der Waals surface area contributed by atoms with E-state index in [1.807, 2.05) is 6.07 Å². The highest BCUT2D eigenvalue weighted by molar-refractivity contribution is 7.88. The lowest BCUT2D eigenvalue weighted by atomic mass is 10.0. The predicted octanol–water partition coefficient (Wildman–Crippen LogP) is 3.52. The molecule has 4 nitrogen and oxygen atoms in total. The number of carbonyl (C=O) groups excluding carboxylic acids is 1. The van der Waals surface area contributed by atoms with Crippen molar-refractivity contribution in [1.29, 1.82) is 0 Å². The fraction of sp³-hybridized carbons (Fsp3) is 0.278. The first-order chi connectivity index (χ1) is 11.5. The van der Waals surface area contributed by atoms with Crippen molar-refractivity contribution < 1.29 is 13.2 Å². The smallest absolute Gasteiger partial charge is 0.219 e. The zero-order chi connectivity index (χ0) is 17.2. The number of benzene rings is 2. The van der Waals surface area contributed by atoms with Crippen LogP contribution in [0.1, 0.15) is 28.8 Å². The Morgan fingerprint density at radius 1 is 1.08 bits per heavy atom. The fourth-order valence-corrected chi connectivity index (χ4v) is 5.11. The molecule has 0 bridgehead atoms. The molecule has 126 valence electrons. The van der Waals surface area contributed by atoms with Gasteiger partial charge < -0.3 is 0 Å². The molecule has 2 aromatic rings. The highest BCUT2D eigenvalue weighted by Gasteiger charge is 2.38. The first-order valence-corrected chi connectivity index (χ1v) is 9.80. The second kappa shape index (κ2) is 7.05. The number of halogens is 1. The molecule has 0 radical (unpaired) electrons. The van der Waals surface area contributed by atoms with Crippen LogP contribution in [0.15, 0.2) is 54.6 Å². The van der Waals surface area contributed by atoms with Gasteiger partial charge in [-0.15, -0.1) is 0 Å². The van der Waals surface area contributed by atoms with Crippen molar-refractivity contribution in [2.75, 3.05) is 6.54 Å². The van der Waals surface area contributed by atoms with Gasteiger partial charge in [-0.3, -0.25) is 4.79 Å². The van der Waals surface area contributed by atoms with Crippen LogP contribution < -0.4 is 0 Å². The number of ketones is 1. The number of carbonyl (C=O) groups is 1. The molecular weight excluding hydrogens is 346 g/mol. The van der Waals surface area contributed by atoms with Crippen LogP contribution in [-0.2, 0) is 15.8 Å². The molecule has 1 atom stereocenters. The zero-order valence-corrected chi connectivity index (χ0v) is 14.6. The normalized spacial score (nSPS) is 18.6. The SMILES string of the molecule is O=C(c1ccccc1)C1CCCN1S(=O)(=O)Cc1ccccc1Cl. The second-order valence-corrected chi connectivity index (χ2v) is 8.18. The van der Waals surface area contributed by atoms with E-state index in [0.29, 0.717) is 35.5 Å². The third kappa shape index (κ3) is 3.53. The average molecular weight is 364 g/mol. The standard InChI is InChI=1S/C18H18ClNO3S/c19-16-10-5-4-9-15(16)13-24(22,23)20-12-6-11-17(20)18(21)14-7-2-1-3-8-14/h1-5,7-10,17H,6,11-13H2. The molecule has 1 saturated heterocycles. The van der Waals surface area contributed by atoms with Crippen LogP contribution in [0.4, 0.5) is 0 Å². The molecule has 1 aliphatic heterocycles. The number of rotatable bonds is 5. The number of nitrogens with zero attached hydrogens (tertiary/aromatic N) is 1. The van der Waals surface area contributed by atoms with Gasteiger partial charge >= 0.3 is 0 Å². The molecule has 0 aliphatic carbocycles. The van der Waals surface area contributed by atoms with Gasteiger partial charge in [-0.25, -0.2) is 8.42 Å². The van der Waals surface area contributed by atoms with Gasteiger partial charge in [-0.1, -0.05) is 60.1 Å². The Morgan fingerprint density at radius 2 is 1.75 bits per heavy atom. The Labute approximate surface area is 147 Å². The van der Waals surface area contributed by atoms with E-state index in [0.717, 1.165) is 0 Å². The maximum atomic E-state index is 12.8. The monoisotopic (exact) mass is 363 g/mol. The third-order valence-corrected chi connectivity index (χ3v) is 6.41. The van der Waals surface area contributed by atoms with Gasteiger partial charge in [0.15, 0.2) is 5.78 Å². The Morgan fingerprint density at radius 3 is 2.46 bits per heavy atom. The lowest BCUT2D eigenvalue weighted by molar-refractivity contribution is 0.0918. The van der Waals surface area contributed by atoms with Crippen molar-refractivity contribution in [3.8, 4) is 0 Å². The summed E-state index contributed by atoms with van der Waals surface area (Å²) >= 11 is 6.08. The summed E-state index contributed by atoms with van der Waals surface area (Å²) in [5.41, 5.74) is 1.10. The minimum Gasteiger partial charge on any atom is -0.292 e. The lowest BCUT2D eigenvalue weighted by Gasteiger charge is -2.23. The minimum atomic E-state index is -3.61. The van der Waals surface area contributed by atoms with E-state index >= 15 is 0 Å². The molecule has 2 aromatic carbocycles. The van der Waals surface area contributed by atoms with E-state index < -0.39 is 16.1 Å².